The monoisotopic (exact) mass is 363 g/mol. The van der Waals surface area contributed by atoms with Crippen LogP contribution in [-0.4, -0.2) is 32.6 Å². The normalized spacial score (nSPS) is 15.4. The van der Waals surface area contributed by atoms with Crippen LogP contribution in [0.1, 0.15) is 53.7 Å². The molecule has 134 valence electrons. The lowest BCUT2D eigenvalue weighted by Crippen LogP contribution is -2.40. The molecule has 2 aromatic heterocycles. The van der Waals surface area contributed by atoms with E-state index in [4.69, 9.17) is 5.11 Å². The number of aromatic nitrogens is 2. The van der Waals surface area contributed by atoms with E-state index in [0.29, 0.717) is 33.6 Å². The number of rotatable bonds is 4. The first-order valence-corrected chi connectivity index (χ1v) is 9.32. The fraction of sp³-hybridized carbons (Fsp3) is 0.529. The zero-order chi connectivity index (χ0) is 18.1. The summed E-state index contributed by atoms with van der Waals surface area (Å²) in [5.74, 6) is -0.756. The molecule has 0 saturated heterocycles. The van der Waals surface area contributed by atoms with Gasteiger partial charge in [-0.05, 0) is 31.7 Å². The number of carboxylic acid groups (broad SMARTS) is 1. The molecule has 0 radical (unpaired) electrons. The lowest BCUT2D eigenvalue weighted by Gasteiger charge is -2.11. The summed E-state index contributed by atoms with van der Waals surface area (Å²) in [6, 6.07) is -0.942. The first kappa shape index (κ1) is 17.6. The van der Waals surface area contributed by atoms with Crippen molar-refractivity contribution < 1.29 is 14.7 Å². The molecule has 1 atom stereocenters. The Morgan fingerprint density at radius 1 is 1.36 bits per heavy atom. The van der Waals surface area contributed by atoms with Crippen molar-refractivity contribution in [2.75, 3.05) is 0 Å². The molecule has 1 aliphatic rings. The SMILES string of the molecule is CCC(NC(=O)c1sc2nc3n(c(=O)c2c1C)CCCCC3)C(=O)O. The maximum absolute atomic E-state index is 12.9. The number of nitrogens with zero attached hydrogens (tertiary/aromatic N) is 2. The van der Waals surface area contributed by atoms with Crippen LogP contribution in [0, 0.1) is 6.92 Å². The highest BCUT2D eigenvalue weighted by molar-refractivity contribution is 7.20. The van der Waals surface area contributed by atoms with Crippen LogP contribution in [0.4, 0.5) is 0 Å². The number of nitrogens with one attached hydrogen (secondary N) is 1. The van der Waals surface area contributed by atoms with Gasteiger partial charge in [-0.25, -0.2) is 9.78 Å². The Bertz CT molecular complexity index is 899. The molecule has 0 aliphatic carbocycles. The number of aryl methyl sites for hydroxylation is 2. The predicted octanol–water partition coefficient (Wildman–Crippen LogP) is 2.09. The Morgan fingerprint density at radius 2 is 2.12 bits per heavy atom. The third kappa shape index (κ3) is 3.18. The molecule has 1 unspecified atom stereocenters. The number of fused-ring (bicyclic) bond motifs is 2. The van der Waals surface area contributed by atoms with Crippen molar-refractivity contribution in [3.05, 3.63) is 26.6 Å². The van der Waals surface area contributed by atoms with Crippen molar-refractivity contribution in [3.63, 3.8) is 0 Å². The van der Waals surface area contributed by atoms with Crippen LogP contribution in [0.15, 0.2) is 4.79 Å². The molecule has 7 nitrogen and oxygen atoms in total. The molecular weight excluding hydrogens is 342 g/mol. The average Bonchev–Trinajstić information content (AvgIpc) is 2.75. The van der Waals surface area contributed by atoms with E-state index in [1.165, 1.54) is 0 Å². The van der Waals surface area contributed by atoms with Gasteiger partial charge in [0.15, 0.2) is 0 Å². The highest BCUT2D eigenvalue weighted by Gasteiger charge is 2.25. The molecule has 3 heterocycles. The number of hydrogen-bond donors (Lipinski definition) is 2. The standard InChI is InChI=1S/C17H21N3O4S/c1-3-10(17(23)24)18-14(21)13-9(2)12-15(25-13)19-11-7-5-4-6-8-20(11)16(12)22/h10H,3-8H2,1-2H3,(H,18,21)(H,23,24). The van der Waals surface area contributed by atoms with Crippen molar-refractivity contribution in [1.82, 2.24) is 14.9 Å². The van der Waals surface area contributed by atoms with E-state index in [0.717, 1.165) is 42.8 Å². The quantitative estimate of drug-likeness (QED) is 0.866. The highest BCUT2D eigenvalue weighted by Crippen LogP contribution is 2.28. The van der Waals surface area contributed by atoms with E-state index in [2.05, 4.69) is 10.3 Å². The van der Waals surface area contributed by atoms with Crippen molar-refractivity contribution in [1.29, 1.82) is 0 Å². The Balaban J connectivity index is 2.05. The van der Waals surface area contributed by atoms with Gasteiger partial charge in [0, 0.05) is 13.0 Å². The second kappa shape index (κ2) is 6.95. The number of amides is 1. The number of carbonyl (C=O) groups is 2. The molecule has 0 fully saturated rings. The van der Waals surface area contributed by atoms with Gasteiger partial charge < -0.3 is 10.4 Å². The molecule has 0 bridgehead atoms. The topological polar surface area (TPSA) is 101 Å². The molecule has 8 heteroatoms. The summed E-state index contributed by atoms with van der Waals surface area (Å²) in [5.41, 5.74) is 0.481. The molecular formula is C17H21N3O4S. The summed E-state index contributed by atoms with van der Waals surface area (Å²) in [7, 11) is 0. The number of hydrogen-bond acceptors (Lipinski definition) is 5. The lowest BCUT2D eigenvalue weighted by molar-refractivity contribution is -0.139. The van der Waals surface area contributed by atoms with Crippen LogP contribution in [0.3, 0.4) is 0 Å². The second-order valence-electron chi connectivity index (χ2n) is 6.30. The Labute approximate surface area is 148 Å². The molecule has 3 rings (SSSR count). The lowest BCUT2D eigenvalue weighted by atomic mass is 10.2. The Hall–Kier alpha value is -2.22. The van der Waals surface area contributed by atoms with E-state index in [-0.39, 0.29) is 5.56 Å². The molecule has 2 aromatic rings. The van der Waals surface area contributed by atoms with E-state index < -0.39 is 17.9 Å². The van der Waals surface area contributed by atoms with Crippen molar-refractivity contribution in [2.24, 2.45) is 0 Å². The van der Waals surface area contributed by atoms with E-state index >= 15 is 0 Å². The van der Waals surface area contributed by atoms with Crippen molar-refractivity contribution >= 4 is 33.4 Å². The molecule has 25 heavy (non-hydrogen) atoms. The van der Waals surface area contributed by atoms with Crippen molar-refractivity contribution in [3.8, 4) is 0 Å². The molecule has 0 aromatic carbocycles. The maximum atomic E-state index is 12.9. The second-order valence-corrected chi connectivity index (χ2v) is 7.30. The van der Waals surface area contributed by atoms with Crippen molar-refractivity contribution in [2.45, 2.75) is 58.5 Å². The minimum atomic E-state index is -1.07. The van der Waals surface area contributed by atoms with Crippen LogP contribution in [0.2, 0.25) is 0 Å². The fourth-order valence-corrected chi connectivity index (χ4v) is 4.28. The molecule has 0 spiro atoms. The van der Waals surface area contributed by atoms with Gasteiger partial charge in [-0.1, -0.05) is 13.3 Å². The van der Waals surface area contributed by atoms with Gasteiger partial charge in [0.2, 0.25) is 0 Å². The molecule has 1 amide bonds. The molecule has 1 aliphatic heterocycles. The van der Waals surface area contributed by atoms with Gasteiger partial charge >= 0.3 is 5.97 Å². The smallest absolute Gasteiger partial charge is 0.326 e. The summed E-state index contributed by atoms with van der Waals surface area (Å²) >= 11 is 1.16. The van der Waals surface area contributed by atoms with Gasteiger partial charge in [0.05, 0.1) is 10.3 Å². The van der Waals surface area contributed by atoms with E-state index in [9.17, 15) is 14.4 Å². The third-order valence-corrected chi connectivity index (χ3v) is 5.81. The van der Waals surface area contributed by atoms with Gasteiger partial charge in [0.1, 0.15) is 16.7 Å². The van der Waals surface area contributed by atoms with Crippen LogP contribution in [0.5, 0.6) is 0 Å². The number of carboxylic acids is 1. The number of carbonyl (C=O) groups excluding carboxylic acids is 1. The van der Waals surface area contributed by atoms with Gasteiger partial charge in [0.25, 0.3) is 11.5 Å². The third-order valence-electron chi connectivity index (χ3n) is 4.63. The zero-order valence-corrected chi connectivity index (χ0v) is 15.1. The fourth-order valence-electron chi connectivity index (χ4n) is 3.19. The number of thiophene rings is 1. The van der Waals surface area contributed by atoms with Gasteiger partial charge in [-0.2, -0.15) is 0 Å². The molecule has 2 N–H and O–H groups in total. The summed E-state index contributed by atoms with van der Waals surface area (Å²) < 4.78 is 1.73. The predicted molar refractivity (Wildman–Crippen MR) is 95.4 cm³/mol. The summed E-state index contributed by atoms with van der Waals surface area (Å²) in [5, 5.41) is 12.1. The Morgan fingerprint density at radius 3 is 2.80 bits per heavy atom. The maximum Gasteiger partial charge on any atom is 0.326 e. The zero-order valence-electron chi connectivity index (χ0n) is 14.3. The van der Waals surface area contributed by atoms with Gasteiger partial charge in [-0.3, -0.25) is 14.2 Å². The highest BCUT2D eigenvalue weighted by atomic mass is 32.1. The van der Waals surface area contributed by atoms with E-state index in [1.54, 1.807) is 18.4 Å². The van der Waals surface area contributed by atoms with Gasteiger partial charge in [-0.15, -0.1) is 11.3 Å². The first-order chi connectivity index (χ1) is 11.9. The summed E-state index contributed by atoms with van der Waals surface area (Å²) in [6.07, 6.45) is 4.09. The van der Waals surface area contributed by atoms with Crippen LogP contribution in [0.25, 0.3) is 10.2 Å². The van der Waals surface area contributed by atoms with Crippen LogP contribution >= 0.6 is 11.3 Å². The minimum absolute atomic E-state index is 0.0972. The number of aliphatic carboxylic acids is 1. The molecule has 0 saturated carbocycles. The summed E-state index contributed by atoms with van der Waals surface area (Å²) in [6.45, 7) is 4.08. The Kier molecular flexibility index (Phi) is 4.89. The van der Waals surface area contributed by atoms with Crippen LogP contribution < -0.4 is 10.9 Å². The average molecular weight is 363 g/mol. The first-order valence-electron chi connectivity index (χ1n) is 8.50. The van der Waals surface area contributed by atoms with E-state index in [1.807, 2.05) is 0 Å². The minimum Gasteiger partial charge on any atom is -0.480 e. The largest absolute Gasteiger partial charge is 0.480 e. The summed E-state index contributed by atoms with van der Waals surface area (Å²) in [4.78, 5) is 42.0. The van der Waals surface area contributed by atoms with Crippen LogP contribution in [-0.2, 0) is 17.8 Å².